The molecule has 0 heterocycles. The summed E-state index contributed by atoms with van der Waals surface area (Å²) >= 11 is 0. The number of hydrogen-bond donors (Lipinski definition) is 0. The molecule has 0 heteroatoms. The lowest BCUT2D eigenvalue weighted by Crippen LogP contribution is -2.01. The summed E-state index contributed by atoms with van der Waals surface area (Å²) in [5.41, 5.74) is 0. The number of unbranched alkanes of at least 4 members (excludes halogenated alkanes) is 9. The van der Waals surface area contributed by atoms with E-state index in [1.54, 1.807) is 0 Å². The van der Waals surface area contributed by atoms with Crippen molar-refractivity contribution in [3.63, 3.8) is 0 Å². The molecular formula is C29H54. The fraction of sp³-hybridized carbons (Fsp3) is 0.862. The van der Waals surface area contributed by atoms with Crippen molar-refractivity contribution in [1.29, 1.82) is 0 Å². The minimum atomic E-state index is 0.868. The second-order valence-corrected chi connectivity index (χ2v) is 9.79. The van der Waals surface area contributed by atoms with Gasteiger partial charge in [0.2, 0.25) is 0 Å². The summed E-state index contributed by atoms with van der Waals surface area (Å²) in [6, 6.07) is 0. The van der Waals surface area contributed by atoms with E-state index in [0.717, 1.165) is 43.4 Å². The summed E-state index contributed by atoms with van der Waals surface area (Å²) in [5.74, 6) is 9.49. The van der Waals surface area contributed by atoms with E-state index in [4.69, 9.17) is 0 Å². The van der Waals surface area contributed by atoms with Crippen LogP contribution in [-0.4, -0.2) is 0 Å². The molecule has 0 bridgehead atoms. The lowest BCUT2D eigenvalue weighted by molar-refractivity contribution is 0.379. The van der Waals surface area contributed by atoms with Crippen molar-refractivity contribution >= 4 is 0 Å². The maximum absolute atomic E-state index is 3.93. The van der Waals surface area contributed by atoms with Gasteiger partial charge in [0.15, 0.2) is 0 Å². The van der Waals surface area contributed by atoms with Crippen LogP contribution in [0.4, 0.5) is 0 Å². The number of hydrogen-bond acceptors (Lipinski definition) is 0. The van der Waals surface area contributed by atoms with Gasteiger partial charge in [-0.3, -0.25) is 0 Å². The van der Waals surface area contributed by atoms with Gasteiger partial charge in [0.1, 0.15) is 0 Å². The molecule has 0 aliphatic heterocycles. The predicted molar refractivity (Wildman–Crippen MR) is 134 cm³/mol. The van der Waals surface area contributed by atoms with Crippen LogP contribution in [0.25, 0.3) is 0 Å². The topological polar surface area (TPSA) is 0 Å². The second-order valence-electron chi connectivity index (χ2n) is 9.79. The van der Waals surface area contributed by atoms with Crippen molar-refractivity contribution in [3.05, 3.63) is 13.8 Å². The van der Waals surface area contributed by atoms with E-state index in [9.17, 15) is 0 Å². The first-order valence-electron chi connectivity index (χ1n) is 13.1. The highest BCUT2D eigenvalue weighted by molar-refractivity contribution is 4.98. The molecule has 0 spiro atoms. The van der Waals surface area contributed by atoms with Gasteiger partial charge in [-0.1, -0.05) is 125 Å². The van der Waals surface area contributed by atoms with E-state index in [-0.39, 0.29) is 0 Å². The summed E-state index contributed by atoms with van der Waals surface area (Å²) in [6.07, 6.45) is 24.9. The summed E-state index contributed by atoms with van der Waals surface area (Å²) < 4.78 is 0. The quantitative estimate of drug-likeness (QED) is 0.140. The van der Waals surface area contributed by atoms with Gasteiger partial charge in [-0.25, -0.2) is 0 Å². The summed E-state index contributed by atoms with van der Waals surface area (Å²) in [4.78, 5) is 0. The highest BCUT2D eigenvalue weighted by atomic mass is 14.1. The molecule has 3 unspecified atom stereocenters. The molecule has 0 saturated carbocycles. The standard InChI is InChI=1S/C29H54/c1-6-8-10-18-23-28(4)25-26-29(5)24-20-16-14-12-11-13-15-19-22-27(3)21-17-9-7-2/h27-29H,1-2,6-10,12,14-26H2,3-5H3. The Bertz CT molecular complexity index is 371. The van der Waals surface area contributed by atoms with Crippen molar-refractivity contribution in [2.24, 2.45) is 17.8 Å². The third-order valence-electron chi connectivity index (χ3n) is 6.42. The molecule has 170 valence electrons. The zero-order chi connectivity index (χ0) is 21.6. The monoisotopic (exact) mass is 402 g/mol. The molecule has 0 aliphatic carbocycles. The van der Waals surface area contributed by atoms with Crippen LogP contribution in [0.1, 0.15) is 143 Å². The Labute approximate surface area is 186 Å². The molecule has 0 rings (SSSR count). The Morgan fingerprint density at radius 2 is 0.828 bits per heavy atom. The van der Waals surface area contributed by atoms with Gasteiger partial charge < -0.3 is 0 Å². The summed E-state index contributed by atoms with van der Waals surface area (Å²) in [5, 5.41) is 0. The van der Waals surface area contributed by atoms with Crippen LogP contribution >= 0.6 is 0 Å². The lowest BCUT2D eigenvalue weighted by atomic mass is 9.91. The first-order chi connectivity index (χ1) is 14.1. The largest absolute Gasteiger partial charge is 0.103 e. The molecule has 0 N–H and O–H groups in total. The van der Waals surface area contributed by atoms with E-state index in [1.165, 1.54) is 96.3 Å². The molecule has 0 aromatic rings. The Hall–Kier alpha value is -0.440. The van der Waals surface area contributed by atoms with Crippen molar-refractivity contribution in [1.82, 2.24) is 0 Å². The lowest BCUT2D eigenvalue weighted by Gasteiger charge is -2.15. The minimum absolute atomic E-state index is 0.868. The zero-order valence-electron chi connectivity index (χ0n) is 20.6. The summed E-state index contributed by atoms with van der Waals surface area (Å²) in [7, 11) is 0. The Morgan fingerprint density at radius 1 is 0.448 bits per heavy atom. The highest BCUT2D eigenvalue weighted by Crippen LogP contribution is 2.22. The van der Waals surface area contributed by atoms with Gasteiger partial charge in [-0.2, -0.15) is 0 Å². The first kappa shape index (κ1) is 28.6. The smallest absolute Gasteiger partial charge is 0.00887 e. The van der Waals surface area contributed by atoms with Crippen molar-refractivity contribution in [2.45, 2.75) is 143 Å². The Kier molecular flexibility index (Phi) is 21.9. The van der Waals surface area contributed by atoms with Crippen LogP contribution in [-0.2, 0) is 0 Å². The first-order valence-corrected chi connectivity index (χ1v) is 13.1. The average molecular weight is 403 g/mol. The minimum Gasteiger partial charge on any atom is -0.103 e. The van der Waals surface area contributed by atoms with E-state index in [2.05, 4.69) is 46.5 Å². The third kappa shape index (κ3) is 22.1. The van der Waals surface area contributed by atoms with Crippen LogP contribution in [0.3, 0.4) is 0 Å². The zero-order valence-corrected chi connectivity index (χ0v) is 20.6. The van der Waals surface area contributed by atoms with Crippen LogP contribution < -0.4 is 0 Å². The average Bonchev–Trinajstić information content (AvgIpc) is 2.71. The molecule has 0 nitrogen and oxygen atoms in total. The molecular weight excluding hydrogens is 348 g/mol. The van der Waals surface area contributed by atoms with E-state index < -0.39 is 0 Å². The highest BCUT2D eigenvalue weighted by Gasteiger charge is 2.07. The Balaban J connectivity index is 3.44. The molecule has 3 atom stereocenters. The summed E-state index contributed by atoms with van der Waals surface area (Å²) in [6.45, 7) is 15.1. The van der Waals surface area contributed by atoms with Gasteiger partial charge in [-0.15, -0.1) is 11.8 Å². The Morgan fingerprint density at radius 3 is 1.38 bits per heavy atom. The normalized spacial score (nSPS) is 14.2. The van der Waals surface area contributed by atoms with Gasteiger partial charge in [0.05, 0.1) is 0 Å². The fourth-order valence-electron chi connectivity index (χ4n) is 4.12. The molecule has 2 radical (unpaired) electrons. The van der Waals surface area contributed by atoms with Crippen LogP contribution in [0.15, 0.2) is 0 Å². The van der Waals surface area contributed by atoms with E-state index in [0.29, 0.717) is 0 Å². The third-order valence-corrected chi connectivity index (χ3v) is 6.42. The molecule has 0 aliphatic rings. The molecule has 0 aromatic heterocycles. The maximum Gasteiger partial charge on any atom is 0.00887 e. The maximum atomic E-state index is 3.93. The van der Waals surface area contributed by atoms with Gasteiger partial charge in [0.25, 0.3) is 0 Å². The van der Waals surface area contributed by atoms with Crippen molar-refractivity contribution in [2.75, 3.05) is 0 Å². The molecule has 0 aromatic carbocycles. The van der Waals surface area contributed by atoms with Gasteiger partial charge >= 0.3 is 0 Å². The van der Waals surface area contributed by atoms with Crippen LogP contribution in [0, 0.1) is 43.4 Å². The predicted octanol–water partition coefficient (Wildman–Crippen LogP) is 9.98. The second kappa shape index (κ2) is 22.2. The fourth-order valence-corrected chi connectivity index (χ4v) is 4.12. The molecule has 0 saturated heterocycles. The molecule has 0 fully saturated rings. The SMILES string of the molecule is [CH2]CCCCCC(C)CCC(C)CCCCCC#CCCCC(C)CCCC[CH2]. The van der Waals surface area contributed by atoms with E-state index in [1.807, 2.05) is 0 Å². The van der Waals surface area contributed by atoms with Crippen molar-refractivity contribution < 1.29 is 0 Å². The van der Waals surface area contributed by atoms with Crippen molar-refractivity contribution in [3.8, 4) is 11.8 Å². The van der Waals surface area contributed by atoms with Gasteiger partial charge in [0, 0.05) is 12.8 Å². The number of rotatable bonds is 20. The van der Waals surface area contributed by atoms with Crippen LogP contribution in [0.5, 0.6) is 0 Å². The molecule has 0 amide bonds. The van der Waals surface area contributed by atoms with Gasteiger partial charge in [-0.05, 0) is 37.0 Å². The van der Waals surface area contributed by atoms with E-state index >= 15 is 0 Å². The molecule has 29 heavy (non-hydrogen) atoms. The van der Waals surface area contributed by atoms with Crippen LogP contribution in [0.2, 0.25) is 0 Å².